The average Bonchev–Trinajstić information content (AvgIpc) is 2.94. The zero-order chi connectivity index (χ0) is 15.5. The van der Waals surface area contributed by atoms with Gasteiger partial charge in [-0.3, -0.25) is 4.79 Å². The Morgan fingerprint density at radius 1 is 1.33 bits per heavy atom. The van der Waals surface area contributed by atoms with E-state index < -0.39 is 11.4 Å². The number of hydrogen-bond acceptors (Lipinski definition) is 3. The second kappa shape index (κ2) is 6.54. The Kier molecular flexibility index (Phi) is 4.96. The fourth-order valence-electron chi connectivity index (χ4n) is 2.85. The highest BCUT2D eigenvalue weighted by Crippen LogP contribution is 2.29. The van der Waals surface area contributed by atoms with Gasteiger partial charge in [-0.05, 0) is 32.3 Å². The molecule has 0 unspecified atom stereocenters. The number of methoxy groups -OCH3 is 2. The second-order valence-corrected chi connectivity index (χ2v) is 5.50. The van der Waals surface area contributed by atoms with Crippen LogP contribution in [0.15, 0.2) is 24.3 Å². The minimum Gasteiger partial charge on any atom is -0.379 e. The summed E-state index contributed by atoms with van der Waals surface area (Å²) < 4.78 is 24.7. The molecule has 1 aromatic rings. The molecule has 1 aliphatic rings. The van der Waals surface area contributed by atoms with Gasteiger partial charge in [0.25, 0.3) is 5.91 Å². The van der Waals surface area contributed by atoms with E-state index in [9.17, 15) is 9.18 Å². The molecule has 0 spiro atoms. The van der Waals surface area contributed by atoms with Gasteiger partial charge in [-0.25, -0.2) is 4.39 Å². The fraction of sp³-hybridized carbons (Fsp3) is 0.562. The van der Waals surface area contributed by atoms with Crippen molar-refractivity contribution in [2.24, 2.45) is 0 Å². The van der Waals surface area contributed by atoms with Gasteiger partial charge in [0.15, 0.2) is 5.60 Å². The second-order valence-electron chi connectivity index (χ2n) is 5.50. The van der Waals surface area contributed by atoms with E-state index in [2.05, 4.69) is 5.32 Å². The van der Waals surface area contributed by atoms with Gasteiger partial charge in [0.2, 0.25) is 0 Å². The van der Waals surface area contributed by atoms with Gasteiger partial charge < -0.3 is 14.8 Å². The van der Waals surface area contributed by atoms with E-state index in [0.717, 1.165) is 19.3 Å². The largest absolute Gasteiger partial charge is 0.379 e. The molecule has 0 bridgehead atoms. The van der Waals surface area contributed by atoms with Crippen molar-refractivity contribution >= 4 is 5.91 Å². The first-order valence-corrected chi connectivity index (χ1v) is 7.17. The number of halogens is 1. The number of carbonyl (C=O) groups is 1. The number of nitrogens with one attached hydrogen (secondary N) is 1. The first-order valence-electron chi connectivity index (χ1n) is 7.17. The minimum absolute atomic E-state index is 0.00989. The van der Waals surface area contributed by atoms with Gasteiger partial charge in [0, 0.05) is 19.8 Å². The Morgan fingerprint density at radius 3 is 2.67 bits per heavy atom. The Bertz CT molecular complexity index is 508. The molecule has 4 nitrogen and oxygen atoms in total. The summed E-state index contributed by atoms with van der Waals surface area (Å²) in [6, 6.07) is 6.12. The molecule has 2 rings (SSSR count). The normalized spacial score (nSPS) is 24.6. The lowest BCUT2D eigenvalue weighted by Crippen LogP contribution is -2.50. The summed E-state index contributed by atoms with van der Waals surface area (Å²) in [5.41, 5.74) is -1.12. The molecule has 0 heterocycles. The lowest BCUT2D eigenvalue weighted by atomic mass is 9.93. The predicted octanol–water partition coefficient (Wildman–Crippen LogP) is 2.37. The van der Waals surface area contributed by atoms with Crippen LogP contribution in [-0.2, 0) is 19.9 Å². The van der Waals surface area contributed by atoms with E-state index in [1.54, 1.807) is 32.2 Å². The molecule has 0 aliphatic heterocycles. The number of carbonyl (C=O) groups excluding carboxylic acids is 1. The Morgan fingerprint density at radius 2 is 2.05 bits per heavy atom. The van der Waals surface area contributed by atoms with E-state index in [4.69, 9.17) is 9.47 Å². The van der Waals surface area contributed by atoms with Crippen molar-refractivity contribution in [2.45, 2.75) is 43.9 Å². The SMILES string of the molecule is CO[C@@H]1CCC[C@@H]1NC(=O)[C@](C)(OC)c1ccccc1F. The van der Waals surface area contributed by atoms with Crippen LogP contribution in [0, 0.1) is 5.82 Å². The molecule has 1 N–H and O–H groups in total. The summed E-state index contributed by atoms with van der Waals surface area (Å²) in [5.74, 6) is -0.796. The summed E-state index contributed by atoms with van der Waals surface area (Å²) in [6.07, 6.45) is 2.80. The highest BCUT2D eigenvalue weighted by Gasteiger charge is 2.40. The molecule has 5 heteroatoms. The molecule has 3 atom stereocenters. The molecule has 0 radical (unpaired) electrons. The van der Waals surface area contributed by atoms with Gasteiger partial charge in [-0.2, -0.15) is 0 Å². The zero-order valence-corrected chi connectivity index (χ0v) is 12.7. The van der Waals surface area contributed by atoms with Crippen molar-refractivity contribution in [1.29, 1.82) is 0 Å². The van der Waals surface area contributed by atoms with Crippen LogP contribution in [0.4, 0.5) is 4.39 Å². The van der Waals surface area contributed by atoms with Gasteiger partial charge in [-0.1, -0.05) is 18.2 Å². The van der Waals surface area contributed by atoms with Crippen LogP contribution in [-0.4, -0.2) is 32.3 Å². The molecule has 1 fully saturated rings. The van der Waals surface area contributed by atoms with Crippen LogP contribution >= 0.6 is 0 Å². The third-order valence-corrected chi connectivity index (χ3v) is 4.30. The molecule has 1 aromatic carbocycles. The maximum Gasteiger partial charge on any atom is 0.257 e. The lowest BCUT2D eigenvalue weighted by Gasteiger charge is -2.30. The zero-order valence-electron chi connectivity index (χ0n) is 12.7. The van der Waals surface area contributed by atoms with E-state index in [1.165, 1.54) is 13.2 Å². The van der Waals surface area contributed by atoms with Crippen LogP contribution < -0.4 is 5.32 Å². The molecule has 1 amide bonds. The molecule has 0 saturated heterocycles. The number of amides is 1. The lowest BCUT2D eigenvalue weighted by molar-refractivity contribution is -0.144. The van der Waals surface area contributed by atoms with Crippen LogP contribution in [0.25, 0.3) is 0 Å². The molecule has 116 valence electrons. The summed E-state index contributed by atoms with van der Waals surface area (Å²) in [6.45, 7) is 1.58. The molecular formula is C16H22FNO3. The predicted molar refractivity (Wildman–Crippen MR) is 77.3 cm³/mol. The van der Waals surface area contributed by atoms with Crippen LogP contribution in [0.3, 0.4) is 0 Å². The van der Waals surface area contributed by atoms with Crippen molar-refractivity contribution in [3.8, 4) is 0 Å². The topological polar surface area (TPSA) is 47.6 Å². The van der Waals surface area contributed by atoms with Crippen molar-refractivity contribution < 1.29 is 18.7 Å². The Balaban J connectivity index is 2.20. The van der Waals surface area contributed by atoms with Gasteiger partial charge in [0.1, 0.15) is 5.82 Å². The third kappa shape index (κ3) is 3.09. The Hall–Kier alpha value is -1.46. The summed E-state index contributed by atoms with van der Waals surface area (Å²) in [4.78, 5) is 12.6. The van der Waals surface area contributed by atoms with Gasteiger partial charge >= 0.3 is 0 Å². The standard InChI is InChI=1S/C16H22FNO3/c1-16(21-3,11-7-4-5-8-12(11)17)15(19)18-13-9-6-10-14(13)20-2/h4-5,7-8,13-14H,6,9-10H2,1-3H3,(H,18,19)/t13-,14+,16+/m0/s1. The molecule has 0 aromatic heterocycles. The number of hydrogen-bond donors (Lipinski definition) is 1. The van der Waals surface area contributed by atoms with Crippen molar-refractivity contribution in [1.82, 2.24) is 5.32 Å². The van der Waals surface area contributed by atoms with Crippen LogP contribution in [0.5, 0.6) is 0 Å². The maximum absolute atomic E-state index is 14.0. The quantitative estimate of drug-likeness (QED) is 0.907. The third-order valence-electron chi connectivity index (χ3n) is 4.30. The van der Waals surface area contributed by atoms with Crippen LogP contribution in [0.1, 0.15) is 31.7 Å². The van der Waals surface area contributed by atoms with Crippen molar-refractivity contribution in [3.05, 3.63) is 35.6 Å². The first kappa shape index (κ1) is 15.9. The monoisotopic (exact) mass is 295 g/mol. The molecule has 1 saturated carbocycles. The van der Waals surface area contributed by atoms with E-state index >= 15 is 0 Å². The summed E-state index contributed by atoms with van der Waals surface area (Å²) >= 11 is 0. The maximum atomic E-state index is 14.0. The number of rotatable bonds is 5. The smallest absolute Gasteiger partial charge is 0.257 e. The van der Waals surface area contributed by atoms with Gasteiger partial charge in [-0.15, -0.1) is 0 Å². The van der Waals surface area contributed by atoms with E-state index in [1.807, 2.05) is 0 Å². The number of benzene rings is 1. The highest BCUT2D eigenvalue weighted by molar-refractivity contribution is 5.86. The fourth-order valence-corrected chi connectivity index (χ4v) is 2.85. The summed E-state index contributed by atoms with van der Waals surface area (Å²) in [7, 11) is 3.05. The minimum atomic E-state index is -1.35. The highest BCUT2D eigenvalue weighted by atomic mass is 19.1. The molecule has 21 heavy (non-hydrogen) atoms. The van der Waals surface area contributed by atoms with E-state index in [0.29, 0.717) is 0 Å². The van der Waals surface area contributed by atoms with Crippen molar-refractivity contribution in [2.75, 3.05) is 14.2 Å². The Labute approximate surface area is 124 Å². The number of ether oxygens (including phenoxy) is 2. The van der Waals surface area contributed by atoms with Crippen LogP contribution in [0.2, 0.25) is 0 Å². The molecule has 1 aliphatic carbocycles. The average molecular weight is 295 g/mol. The van der Waals surface area contributed by atoms with E-state index in [-0.39, 0.29) is 23.6 Å². The molecular weight excluding hydrogens is 273 g/mol. The van der Waals surface area contributed by atoms with Gasteiger partial charge in [0.05, 0.1) is 12.1 Å². The van der Waals surface area contributed by atoms with Crippen molar-refractivity contribution in [3.63, 3.8) is 0 Å². The summed E-state index contributed by atoms with van der Waals surface area (Å²) in [5, 5.41) is 2.94. The first-order chi connectivity index (χ1) is 10.0.